The Labute approximate surface area is 126 Å². The Kier molecular flexibility index (Phi) is 4.03. The second-order valence-electron chi connectivity index (χ2n) is 5.60. The molecule has 1 nitrogen and oxygen atoms in total. The molecular weight excluding hydrogens is 254 g/mol. The molecule has 106 valence electrons. The first-order chi connectivity index (χ1) is 10.3. The van der Waals surface area contributed by atoms with Crippen LogP contribution in [0.2, 0.25) is 0 Å². The van der Waals surface area contributed by atoms with Gasteiger partial charge in [0.05, 0.1) is 0 Å². The van der Waals surface area contributed by atoms with Gasteiger partial charge in [0.1, 0.15) is 0 Å². The molecule has 0 aliphatic heterocycles. The molecule has 0 aliphatic carbocycles. The fourth-order valence-electron chi connectivity index (χ4n) is 2.89. The van der Waals surface area contributed by atoms with E-state index in [0.29, 0.717) is 6.04 Å². The molecule has 0 spiro atoms. The van der Waals surface area contributed by atoms with Crippen molar-refractivity contribution < 1.29 is 0 Å². The number of hydrogen-bond acceptors (Lipinski definition) is 1. The monoisotopic (exact) mass is 275 g/mol. The van der Waals surface area contributed by atoms with E-state index in [9.17, 15) is 0 Å². The van der Waals surface area contributed by atoms with Gasteiger partial charge in [-0.3, -0.25) is 0 Å². The third-order valence-corrected chi connectivity index (χ3v) is 4.13. The van der Waals surface area contributed by atoms with Crippen molar-refractivity contribution in [1.29, 1.82) is 0 Å². The highest BCUT2D eigenvalue weighted by Crippen LogP contribution is 2.21. The number of nitrogens with one attached hydrogen (secondary N) is 1. The van der Waals surface area contributed by atoms with E-state index in [1.807, 2.05) is 0 Å². The summed E-state index contributed by atoms with van der Waals surface area (Å²) in [5, 5.41) is 6.29. The SMILES string of the molecule is Cc1ccccc1C(C)NCc1cccc2ccccc12. The molecule has 0 radical (unpaired) electrons. The zero-order chi connectivity index (χ0) is 14.7. The first-order valence-electron chi connectivity index (χ1n) is 7.51. The minimum Gasteiger partial charge on any atom is -0.306 e. The average Bonchev–Trinajstić information content (AvgIpc) is 2.53. The van der Waals surface area contributed by atoms with Crippen LogP contribution in [0.1, 0.15) is 29.7 Å². The molecule has 0 amide bonds. The minimum atomic E-state index is 0.352. The summed E-state index contributed by atoms with van der Waals surface area (Å²) in [4.78, 5) is 0. The molecule has 3 aromatic rings. The van der Waals surface area contributed by atoms with Gasteiger partial charge in [-0.15, -0.1) is 0 Å². The van der Waals surface area contributed by atoms with Crippen LogP contribution in [0.15, 0.2) is 66.7 Å². The highest BCUT2D eigenvalue weighted by molar-refractivity contribution is 5.85. The lowest BCUT2D eigenvalue weighted by molar-refractivity contribution is 0.574. The lowest BCUT2D eigenvalue weighted by atomic mass is 10.0. The molecule has 0 bridgehead atoms. The van der Waals surface area contributed by atoms with Gasteiger partial charge >= 0.3 is 0 Å². The standard InChI is InChI=1S/C20H21N/c1-15-8-3-5-12-19(15)16(2)21-14-18-11-7-10-17-9-4-6-13-20(17)18/h3-13,16,21H,14H2,1-2H3. The first kappa shape index (κ1) is 13.8. The molecular formula is C20H21N. The third kappa shape index (κ3) is 2.98. The fraction of sp³-hybridized carbons (Fsp3) is 0.200. The van der Waals surface area contributed by atoms with Crippen LogP contribution >= 0.6 is 0 Å². The number of benzene rings is 3. The maximum atomic E-state index is 3.65. The molecule has 0 aliphatic rings. The number of fused-ring (bicyclic) bond motifs is 1. The topological polar surface area (TPSA) is 12.0 Å². The first-order valence-corrected chi connectivity index (χ1v) is 7.51. The normalized spacial score (nSPS) is 12.5. The second kappa shape index (κ2) is 6.11. The van der Waals surface area contributed by atoms with Crippen molar-refractivity contribution in [3.8, 4) is 0 Å². The Morgan fingerprint density at radius 3 is 2.43 bits per heavy atom. The summed E-state index contributed by atoms with van der Waals surface area (Å²) in [5.41, 5.74) is 4.07. The van der Waals surface area contributed by atoms with Crippen LogP contribution in [0.3, 0.4) is 0 Å². The van der Waals surface area contributed by atoms with E-state index in [0.717, 1.165) is 6.54 Å². The molecule has 1 N–H and O–H groups in total. The number of rotatable bonds is 4. The van der Waals surface area contributed by atoms with Crippen LogP contribution in [0.4, 0.5) is 0 Å². The molecule has 0 saturated heterocycles. The van der Waals surface area contributed by atoms with Crippen molar-refractivity contribution in [2.75, 3.05) is 0 Å². The van der Waals surface area contributed by atoms with Crippen molar-refractivity contribution in [1.82, 2.24) is 5.32 Å². The molecule has 0 aromatic heterocycles. The van der Waals surface area contributed by atoms with Crippen LogP contribution in [0.25, 0.3) is 10.8 Å². The van der Waals surface area contributed by atoms with Gasteiger partial charge in [0.2, 0.25) is 0 Å². The zero-order valence-electron chi connectivity index (χ0n) is 12.6. The second-order valence-corrected chi connectivity index (χ2v) is 5.60. The predicted octanol–water partition coefficient (Wildman–Crippen LogP) is 5.00. The Bertz CT molecular complexity index is 740. The average molecular weight is 275 g/mol. The Morgan fingerprint density at radius 2 is 1.57 bits per heavy atom. The Morgan fingerprint density at radius 1 is 0.857 bits per heavy atom. The van der Waals surface area contributed by atoms with Crippen LogP contribution in [-0.4, -0.2) is 0 Å². The molecule has 21 heavy (non-hydrogen) atoms. The van der Waals surface area contributed by atoms with Crippen LogP contribution in [0, 0.1) is 6.92 Å². The van der Waals surface area contributed by atoms with E-state index in [1.54, 1.807) is 0 Å². The van der Waals surface area contributed by atoms with Crippen molar-refractivity contribution in [3.05, 3.63) is 83.4 Å². The van der Waals surface area contributed by atoms with E-state index in [1.165, 1.54) is 27.5 Å². The van der Waals surface area contributed by atoms with Crippen LogP contribution < -0.4 is 5.32 Å². The summed E-state index contributed by atoms with van der Waals surface area (Å²) in [5.74, 6) is 0. The molecule has 0 heterocycles. The molecule has 0 saturated carbocycles. The van der Waals surface area contributed by atoms with Crippen molar-refractivity contribution in [3.63, 3.8) is 0 Å². The highest BCUT2D eigenvalue weighted by atomic mass is 14.9. The molecule has 1 atom stereocenters. The van der Waals surface area contributed by atoms with Gasteiger partial charge < -0.3 is 5.32 Å². The fourth-order valence-corrected chi connectivity index (χ4v) is 2.89. The summed E-state index contributed by atoms with van der Waals surface area (Å²) in [6, 6.07) is 24.0. The third-order valence-electron chi connectivity index (χ3n) is 4.13. The number of hydrogen-bond donors (Lipinski definition) is 1. The van der Waals surface area contributed by atoms with Gasteiger partial charge in [-0.1, -0.05) is 66.7 Å². The summed E-state index contributed by atoms with van der Waals surface area (Å²) in [7, 11) is 0. The molecule has 3 rings (SSSR count). The van der Waals surface area contributed by atoms with E-state index in [-0.39, 0.29) is 0 Å². The highest BCUT2D eigenvalue weighted by Gasteiger charge is 2.08. The lowest BCUT2D eigenvalue weighted by Crippen LogP contribution is -2.19. The van der Waals surface area contributed by atoms with Gasteiger partial charge in [0, 0.05) is 12.6 Å². The molecule has 1 unspecified atom stereocenters. The lowest BCUT2D eigenvalue weighted by Gasteiger charge is -2.17. The van der Waals surface area contributed by atoms with E-state index < -0.39 is 0 Å². The van der Waals surface area contributed by atoms with Crippen LogP contribution in [0.5, 0.6) is 0 Å². The largest absolute Gasteiger partial charge is 0.306 e. The van der Waals surface area contributed by atoms with Gasteiger partial charge in [-0.25, -0.2) is 0 Å². The van der Waals surface area contributed by atoms with E-state index >= 15 is 0 Å². The smallest absolute Gasteiger partial charge is 0.0297 e. The van der Waals surface area contributed by atoms with E-state index in [2.05, 4.69) is 85.9 Å². The maximum Gasteiger partial charge on any atom is 0.0297 e. The molecule has 1 heteroatoms. The molecule has 0 fully saturated rings. The van der Waals surface area contributed by atoms with Gasteiger partial charge in [-0.05, 0) is 41.3 Å². The number of aryl methyl sites for hydroxylation is 1. The quantitative estimate of drug-likeness (QED) is 0.706. The summed E-state index contributed by atoms with van der Waals surface area (Å²) in [6.45, 7) is 5.29. The van der Waals surface area contributed by atoms with Gasteiger partial charge in [-0.2, -0.15) is 0 Å². The van der Waals surface area contributed by atoms with Gasteiger partial charge in [0.15, 0.2) is 0 Å². The summed E-state index contributed by atoms with van der Waals surface area (Å²) >= 11 is 0. The van der Waals surface area contributed by atoms with Crippen molar-refractivity contribution >= 4 is 10.8 Å². The van der Waals surface area contributed by atoms with Gasteiger partial charge in [0.25, 0.3) is 0 Å². The zero-order valence-corrected chi connectivity index (χ0v) is 12.6. The maximum absolute atomic E-state index is 3.65. The minimum absolute atomic E-state index is 0.352. The predicted molar refractivity (Wildman–Crippen MR) is 90.4 cm³/mol. The Balaban J connectivity index is 1.79. The summed E-state index contributed by atoms with van der Waals surface area (Å²) < 4.78 is 0. The van der Waals surface area contributed by atoms with E-state index in [4.69, 9.17) is 0 Å². The van der Waals surface area contributed by atoms with Crippen molar-refractivity contribution in [2.24, 2.45) is 0 Å². The van der Waals surface area contributed by atoms with Crippen molar-refractivity contribution in [2.45, 2.75) is 26.4 Å². The molecule has 3 aromatic carbocycles. The van der Waals surface area contributed by atoms with Crippen LogP contribution in [-0.2, 0) is 6.54 Å². The summed E-state index contributed by atoms with van der Waals surface area (Å²) in [6.07, 6.45) is 0. The Hall–Kier alpha value is -2.12.